The molecule has 0 bridgehead atoms. The van der Waals surface area contributed by atoms with Gasteiger partial charge in [0.1, 0.15) is 5.76 Å². The molecule has 0 radical (unpaired) electrons. The first-order chi connectivity index (χ1) is 11.4. The number of hydrogen-bond donors (Lipinski definition) is 3. The standard InChI is InChI=1S/C17H22N2O5S/c1-10-7-6-8-11(2)15(10)18-16(20)19-25(22,23)14-9-13(12(3)24-14)17(4,5)21/h6-9,21H,1-5H3,(H2,18,19,20). The number of nitrogens with one attached hydrogen (secondary N) is 2. The lowest BCUT2D eigenvalue weighted by atomic mass is 10.00. The molecule has 1 aromatic carbocycles. The molecule has 7 nitrogen and oxygen atoms in total. The molecule has 2 amide bonds. The lowest BCUT2D eigenvalue weighted by Gasteiger charge is -2.15. The topological polar surface area (TPSA) is 109 Å². The van der Waals surface area contributed by atoms with Gasteiger partial charge in [0.2, 0.25) is 5.09 Å². The highest BCUT2D eigenvalue weighted by atomic mass is 32.2. The van der Waals surface area contributed by atoms with Gasteiger partial charge in [0.15, 0.2) is 0 Å². The lowest BCUT2D eigenvalue weighted by Crippen LogP contribution is -2.34. The summed E-state index contributed by atoms with van der Waals surface area (Å²) in [4.78, 5) is 12.1. The van der Waals surface area contributed by atoms with E-state index in [1.165, 1.54) is 19.9 Å². The number of hydrogen-bond acceptors (Lipinski definition) is 5. The van der Waals surface area contributed by atoms with Crippen LogP contribution in [0.1, 0.15) is 36.3 Å². The summed E-state index contributed by atoms with van der Waals surface area (Å²) in [5, 5.41) is 12.1. The molecule has 1 heterocycles. The molecule has 0 aliphatic heterocycles. The fourth-order valence-corrected chi connectivity index (χ4v) is 3.42. The SMILES string of the molecule is Cc1cccc(C)c1NC(=O)NS(=O)(=O)c1cc(C(C)(C)O)c(C)o1. The number of aliphatic hydroxyl groups is 1. The number of carbonyl (C=O) groups excluding carboxylic acids is 1. The van der Waals surface area contributed by atoms with Crippen molar-refractivity contribution in [2.24, 2.45) is 0 Å². The number of aryl methyl sites for hydroxylation is 3. The first-order valence-electron chi connectivity index (χ1n) is 7.65. The van der Waals surface area contributed by atoms with Gasteiger partial charge in [-0.1, -0.05) is 18.2 Å². The second kappa shape index (κ2) is 6.53. The maximum Gasteiger partial charge on any atom is 0.333 e. The Labute approximate surface area is 147 Å². The Kier molecular flexibility index (Phi) is 4.97. The Morgan fingerprint density at radius 3 is 2.20 bits per heavy atom. The fraction of sp³-hybridized carbons (Fsp3) is 0.353. The van der Waals surface area contributed by atoms with Crippen LogP contribution in [-0.2, 0) is 15.6 Å². The molecule has 136 valence electrons. The zero-order valence-electron chi connectivity index (χ0n) is 14.8. The van der Waals surface area contributed by atoms with Crippen molar-refractivity contribution in [1.29, 1.82) is 0 Å². The summed E-state index contributed by atoms with van der Waals surface area (Å²) < 4.78 is 31.8. The van der Waals surface area contributed by atoms with Crippen LogP contribution >= 0.6 is 0 Å². The van der Waals surface area contributed by atoms with Crippen LogP contribution in [0.5, 0.6) is 0 Å². The molecule has 0 saturated heterocycles. The van der Waals surface area contributed by atoms with Crippen molar-refractivity contribution in [2.75, 3.05) is 5.32 Å². The van der Waals surface area contributed by atoms with Crippen LogP contribution in [-0.4, -0.2) is 19.6 Å². The number of rotatable bonds is 4. The van der Waals surface area contributed by atoms with Crippen LogP contribution in [0.2, 0.25) is 0 Å². The van der Waals surface area contributed by atoms with E-state index in [1.807, 2.05) is 36.8 Å². The minimum atomic E-state index is -4.21. The van der Waals surface area contributed by atoms with Gasteiger partial charge in [-0.2, -0.15) is 8.42 Å². The summed E-state index contributed by atoms with van der Waals surface area (Å²) in [7, 11) is -4.21. The van der Waals surface area contributed by atoms with E-state index < -0.39 is 26.7 Å². The van der Waals surface area contributed by atoms with Crippen molar-refractivity contribution in [3.05, 3.63) is 46.7 Å². The van der Waals surface area contributed by atoms with Gasteiger partial charge in [-0.15, -0.1) is 0 Å². The average molecular weight is 366 g/mol. The lowest BCUT2D eigenvalue weighted by molar-refractivity contribution is 0.0769. The van der Waals surface area contributed by atoms with E-state index in [9.17, 15) is 18.3 Å². The largest absolute Gasteiger partial charge is 0.448 e. The zero-order valence-corrected chi connectivity index (χ0v) is 15.6. The van der Waals surface area contributed by atoms with Crippen LogP contribution in [0.15, 0.2) is 33.8 Å². The van der Waals surface area contributed by atoms with Gasteiger partial charge in [0, 0.05) is 17.3 Å². The molecule has 2 aromatic rings. The smallest absolute Gasteiger partial charge is 0.333 e. The van der Waals surface area contributed by atoms with Gasteiger partial charge >= 0.3 is 6.03 Å². The molecule has 0 spiro atoms. The number of carbonyl (C=O) groups is 1. The summed E-state index contributed by atoms with van der Waals surface area (Å²) in [6, 6.07) is 5.78. The van der Waals surface area contributed by atoms with Crippen LogP contribution in [0.4, 0.5) is 10.5 Å². The molecule has 1 aromatic heterocycles. The molecule has 8 heteroatoms. The molecule has 0 atom stereocenters. The summed E-state index contributed by atoms with van der Waals surface area (Å²) in [6.45, 7) is 8.19. The Hall–Kier alpha value is -2.32. The third-order valence-electron chi connectivity index (χ3n) is 3.77. The van der Waals surface area contributed by atoms with Gasteiger partial charge in [0.25, 0.3) is 10.0 Å². The number of amides is 2. The maximum absolute atomic E-state index is 12.3. The quantitative estimate of drug-likeness (QED) is 0.771. The summed E-state index contributed by atoms with van der Waals surface area (Å²) in [5.74, 6) is 0.267. The normalized spacial score (nSPS) is 12.1. The van der Waals surface area contributed by atoms with Gasteiger partial charge in [-0.25, -0.2) is 9.52 Å². The fourth-order valence-electron chi connectivity index (χ4n) is 2.52. The van der Waals surface area contributed by atoms with Crippen LogP contribution in [0.3, 0.4) is 0 Å². The number of sulfonamides is 1. The van der Waals surface area contributed by atoms with Gasteiger partial charge in [-0.3, -0.25) is 0 Å². The van der Waals surface area contributed by atoms with Crippen LogP contribution in [0, 0.1) is 20.8 Å². The highest BCUT2D eigenvalue weighted by Crippen LogP contribution is 2.28. The predicted molar refractivity (Wildman–Crippen MR) is 93.9 cm³/mol. The molecule has 0 fully saturated rings. The van der Waals surface area contributed by atoms with E-state index in [0.29, 0.717) is 11.3 Å². The monoisotopic (exact) mass is 366 g/mol. The van der Waals surface area contributed by atoms with Crippen molar-refractivity contribution >= 4 is 21.7 Å². The molecule has 0 saturated carbocycles. The van der Waals surface area contributed by atoms with E-state index in [1.54, 1.807) is 6.92 Å². The van der Waals surface area contributed by atoms with E-state index in [4.69, 9.17) is 4.42 Å². The van der Waals surface area contributed by atoms with E-state index in [2.05, 4.69) is 5.32 Å². The Bertz CT molecular complexity index is 887. The molecular formula is C17H22N2O5S. The van der Waals surface area contributed by atoms with Crippen LogP contribution in [0.25, 0.3) is 0 Å². The van der Waals surface area contributed by atoms with E-state index in [-0.39, 0.29) is 5.76 Å². The third-order valence-corrected chi connectivity index (χ3v) is 4.95. The number of benzene rings is 1. The maximum atomic E-state index is 12.3. The summed E-state index contributed by atoms with van der Waals surface area (Å²) >= 11 is 0. The minimum absolute atomic E-state index is 0.267. The Morgan fingerprint density at radius 2 is 1.72 bits per heavy atom. The van der Waals surface area contributed by atoms with Crippen molar-refractivity contribution in [2.45, 2.75) is 45.3 Å². The molecule has 0 unspecified atom stereocenters. The molecule has 0 aliphatic rings. The number of urea groups is 1. The van der Waals surface area contributed by atoms with Crippen LogP contribution < -0.4 is 10.0 Å². The number of furan rings is 1. The second-order valence-corrected chi connectivity index (χ2v) is 8.03. The molecule has 3 N–H and O–H groups in total. The number of para-hydroxylation sites is 1. The highest BCUT2D eigenvalue weighted by molar-refractivity contribution is 7.89. The van der Waals surface area contributed by atoms with E-state index in [0.717, 1.165) is 11.1 Å². The minimum Gasteiger partial charge on any atom is -0.448 e. The van der Waals surface area contributed by atoms with Crippen molar-refractivity contribution in [1.82, 2.24) is 4.72 Å². The Morgan fingerprint density at radius 1 is 1.16 bits per heavy atom. The Balaban J connectivity index is 2.23. The van der Waals surface area contributed by atoms with Gasteiger partial charge in [-0.05, 0) is 45.7 Å². The highest BCUT2D eigenvalue weighted by Gasteiger charge is 2.28. The number of anilines is 1. The molecular weight excluding hydrogens is 344 g/mol. The first-order valence-corrected chi connectivity index (χ1v) is 9.13. The van der Waals surface area contributed by atoms with Gasteiger partial charge in [0.05, 0.1) is 5.60 Å². The van der Waals surface area contributed by atoms with Gasteiger partial charge < -0.3 is 14.8 Å². The van der Waals surface area contributed by atoms with Crippen molar-refractivity contribution < 1.29 is 22.7 Å². The summed E-state index contributed by atoms with van der Waals surface area (Å²) in [5.41, 5.74) is 1.24. The molecule has 0 aliphatic carbocycles. The molecule has 2 rings (SSSR count). The predicted octanol–water partition coefficient (Wildman–Crippen LogP) is 2.94. The summed E-state index contributed by atoms with van der Waals surface area (Å²) in [6.07, 6.45) is 0. The van der Waals surface area contributed by atoms with Crippen molar-refractivity contribution in [3.8, 4) is 0 Å². The third kappa shape index (κ3) is 4.21. The van der Waals surface area contributed by atoms with Crippen molar-refractivity contribution in [3.63, 3.8) is 0 Å². The second-order valence-electron chi connectivity index (χ2n) is 6.42. The average Bonchev–Trinajstić information content (AvgIpc) is 2.85. The first kappa shape index (κ1) is 19.0. The van der Waals surface area contributed by atoms with E-state index >= 15 is 0 Å². The zero-order chi connectivity index (χ0) is 19.0. The molecule has 25 heavy (non-hydrogen) atoms.